The molecule has 0 radical (unpaired) electrons. The number of amides is 1. The summed E-state index contributed by atoms with van der Waals surface area (Å²) in [7, 11) is 0. The monoisotopic (exact) mass is 347 g/mol. The molecule has 0 saturated carbocycles. The summed E-state index contributed by atoms with van der Waals surface area (Å²) < 4.78 is 19.0. The van der Waals surface area contributed by atoms with Gasteiger partial charge in [-0.2, -0.15) is 0 Å². The first-order chi connectivity index (χ1) is 9.74. The van der Waals surface area contributed by atoms with E-state index in [1.807, 2.05) is 6.07 Å². The predicted molar refractivity (Wildman–Crippen MR) is 85.1 cm³/mol. The molecule has 2 N–H and O–H groups in total. The third kappa shape index (κ3) is 3.97. The van der Waals surface area contributed by atoms with Crippen LogP contribution in [0.15, 0.2) is 29.0 Å². The van der Waals surface area contributed by atoms with Crippen LogP contribution in [-0.4, -0.2) is 17.6 Å². The summed E-state index contributed by atoms with van der Waals surface area (Å²) in [6, 6.07) is 5.05. The van der Waals surface area contributed by atoms with Gasteiger partial charge in [-0.05, 0) is 30.2 Å². The second kappa shape index (κ2) is 8.12. The molecule has 0 saturated heterocycles. The molecule has 120 valence electrons. The van der Waals surface area contributed by atoms with Crippen LogP contribution in [0.25, 0.3) is 0 Å². The molecule has 8 heteroatoms. The molecule has 0 aliphatic carbocycles. The van der Waals surface area contributed by atoms with Crippen molar-refractivity contribution in [2.45, 2.75) is 19.4 Å². The van der Waals surface area contributed by atoms with Gasteiger partial charge < -0.3 is 15.2 Å². The Bertz CT molecular complexity index is 635. The van der Waals surface area contributed by atoms with E-state index < -0.39 is 0 Å². The number of halogens is 3. The maximum atomic E-state index is 14.3. The van der Waals surface area contributed by atoms with Gasteiger partial charge in [0.2, 0.25) is 5.91 Å². The van der Waals surface area contributed by atoms with Crippen LogP contribution in [0.1, 0.15) is 16.8 Å². The first-order valence-corrected chi connectivity index (χ1v) is 6.44. The summed E-state index contributed by atoms with van der Waals surface area (Å²) in [5, 5.41) is 9.42. The lowest BCUT2D eigenvalue weighted by molar-refractivity contribution is -0.115. The molecule has 1 aliphatic heterocycles. The molecule has 1 aromatic carbocycles. The van der Waals surface area contributed by atoms with Crippen LogP contribution in [0, 0.1) is 5.82 Å². The quantitative estimate of drug-likeness (QED) is 0.894. The molecule has 2 heterocycles. The van der Waals surface area contributed by atoms with Crippen LogP contribution in [0.3, 0.4) is 0 Å². The van der Waals surface area contributed by atoms with Crippen LogP contribution in [0.4, 0.5) is 10.1 Å². The smallest absolute Gasteiger partial charge is 0.230 e. The van der Waals surface area contributed by atoms with E-state index in [9.17, 15) is 9.18 Å². The van der Waals surface area contributed by atoms with Gasteiger partial charge in [-0.1, -0.05) is 11.2 Å². The van der Waals surface area contributed by atoms with E-state index in [0.717, 1.165) is 12.1 Å². The minimum Gasteiger partial charge on any atom is -0.364 e. The van der Waals surface area contributed by atoms with Gasteiger partial charge in [0.15, 0.2) is 0 Å². The highest BCUT2D eigenvalue weighted by molar-refractivity contribution is 5.92. The molecule has 3 rings (SSSR count). The molecule has 0 unspecified atom stereocenters. The van der Waals surface area contributed by atoms with Gasteiger partial charge in [-0.15, -0.1) is 24.8 Å². The van der Waals surface area contributed by atoms with Gasteiger partial charge in [-0.3, -0.25) is 4.79 Å². The van der Waals surface area contributed by atoms with Gasteiger partial charge in [0, 0.05) is 12.6 Å². The summed E-state index contributed by atoms with van der Waals surface area (Å²) in [5.74, 6) is -0.649. The number of rotatable bonds is 3. The molecule has 1 aliphatic rings. The predicted octanol–water partition coefficient (Wildman–Crippen LogP) is 2.48. The second-order valence-electron chi connectivity index (χ2n) is 4.71. The highest BCUT2D eigenvalue weighted by Crippen LogP contribution is 2.24. The largest absolute Gasteiger partial charge is 0.364 e. The number of nitrogens with zero attached hydrogens (tertiary/aromatic N) is 1. The van der Waals surface area contributed by atoms with E-state index in [4.69, 9.17) is 0 Å². The zero-order chi connectivity index (χ0) is 13.9. The van der Waals surface area contributed by atoms with Crippen molar-refractivity contribution < 1.29 is 13.7 Å². The van der Waals surface area contributed by atoms with Crippen molar-refractivity contribution in [3.63, 3.8) is 0 Å². The minimum atomic E-state index is -0.336. The van der Waals surface area contributed by atoms with Gasteiger partial charge >= 0.3 is 0 Å². The fourth-order valence-corrected chi connectivity index (χ4v) is 2.32. The van der Waals surface area contributed by atoms with Crippen LogP contribution in [0.2, 0.25) is 0 Å². The third-order valence-electron chi connectivity index (χ3n) is 3.31. The fraction of sp³-hybridized carbons (Fsp3) is 0.286. The minimum absolute atomic E-state index is 0. The number of carbonyl (C=O) groups excluding carboxylic acids is 1. The summed E-state index contributed by atoms with van der Waals surface area (Å²) >= 11 is 0. The van der Waals surface area contributed by atoms with Gasteiger partial charge in [0.1, 0.15) is 12.1 Å². The zero-order valence-electron chi connectivity index (χ0n) is 11.6. The first kappa shape index (κ1) is 18.4. The Balaban J connectivity index is 0.00000121. The van der Waals surface area contributed by atoms with Crippen molar-refractivity contribution >= 4 is 36.4 Å². The van der Waals surface area contributed by atoms with Crippen LogP contribution >= 0.6 is 24.8 Å². The SMILES string of the molecule is Cl.Cl.O=C(Cc1ccon1)Nc1ccc2c(c1F)CCNC2. The lowest BCUT2D eigenvalue weighted by Gasteiger charge is -2.19. The average Bonchev–Trinajstić information content (AvgIpc) is 2.95. The fourth-order valence-electron chi connectivity index (χ4n) is 2.32. The first-order valence-electron chi connectivity index (χ1n) is 6.44. The van der Waals surface area contributed by atoms with Gasteiger partial charge in [0.25, 0.3) is 0 Å². The molecular formula is C14H16Cl2FN3O2. The summed E-state index contributed by atoms with van der Waals surface area (Å²) in [4.78, 5) is 11.8. The number of hydrogen-bond acceptors (Lipinski definition) is 4. The molecule has 1 amide bonds. The number of nitrogens with one attached hydrogen (secondary N) is 2. The topological polar surface area (TPSA) is 67.2 Å². The van der Waals surface area contributed by atoms with Crippen molar-refractivity contribution in [2.75, 3.05) is 11.9 Å². The lowest BCUT2D eigenvalue weighted by atomic mass is 9.99. The number of fused-ring (bicyclic) bond motifs is 1. The van der Waals surface area contributed by atoms with Crippen molar-refractivity contribution in [3.8, 4) is 0 Å². The number of benzene rings is 1. The molecule has 0 fully saturated rings. The van der Waals surface area contributed by atoms with Gasteiger partial charge in [0.05, 0.1) is 17.8 Å². The Labute approximate surface area is 139 Å². The maximum Gasteiger partial charge on any atom is 0.230 e. The van der Waals surface area contributed by atoms with Crippen molar-refractivity contribution in [1.82, 2.24) is 10.5 Å². The molecule has 1 aromatic heterocycles. The van der Waals surface area contributed by atoms with E-state index in [1.54, 1.807) is 12.1 Å². The third-order valence-corrected chi connectivity index (χ3v) is 3.31. The Morgan fingerprint density at radius 2 is 2.18 bits per heavy atom. The zero-order valence-corrected chi connectivity index (χ0v) is 13.2. The van der Waals surface area contributed by atoms with E-state index in [-0.39, 0.29) is 48.6 Å². The van der Waals surface area contributed by atoms with Crippen molar-refractivity contribution in [3.05, 3.63) is 47.1 Å². The van der Waals surface area contributed by atoms with E-state index in [1.165, 1.54) is 6.26 Å². The van der Waals surface area contributed by atoms with E-state index in [2.05, 4.69) is 20.3 Å². The Morgan fingerprint density at radius 3 is 2.91 bits per heavy atom. The molecule has 5 nitrogen and oxygen atoms in total. The van der Waals surface area contributed by atoms with E-state index >= 15 is 0 Å². The standard InChI is InChI=1S/C14H14FN3O2.2ClH/c15-14-11-3-5-16-8-9(11)1-2-12(14)17-13(19)7-10-4-6-20-18-10;;/h1-2,4,6,16H,3,5,7-8H2,(H,17,19);2*1H. The average molecular weight is 348 g/mol. The number of carbonyl (C=O) groups is 1. The number of hydrogen-bond donors (Lipinski definition) is 2. The Morgan fingerprint density at radius 1 is 1.36 bits per heavy atom. The summed E-state index contributed by atoms with van der Waals surface area (Å²) in [6.45, 7) is 1.42. The van der Waals surface area contributed by atoms with Crippen LogP contribution in [-0.2, 0) is 24.2 Å². The number of anilines is 1. The molecule has 0 spiro atoms. The molecule has 22 heavy (non-hydrogen) atoms. The van der Waals surface area contributed by atoms with Gasteiger partial charge in [-0.25, -0.2) is 4.39 Å². The normalized spacial score (nSPS) is 12.6. The second-order valence-corrected chi connectivity index (χ2v) is 4.71. The van der Waals surface area contributed by atoms with Crippen molar-refractivity contribution in [2.24, 2.45) is 0 Å². The van der Waals surface area contributed by atoms with Crippen LogP contribution < -0.4 is 10.6 Å². The molecular weight excluding hydrogens is 332 g/mol. The van der Waals surface area contributed by atoms with Crippen LogP contribution in [0.5, 0.6) is 0 Å². The maximum absolute atomic E-state index is 14.3. The molecule has 0 atom stereocenters. The highest BCUT2D eigenvalue weighted by atomic mass is 35.5. The lowest BCUT2D eigenvalue weighted by Crippen LogP contribution is -2.25. The Hall–Kier alpha value is -1.63. The number of aromatic nitrogens is 1. The summed E-state index contributed by atoms with van der Waals surface area (Å²) in [5.41, 5.74) is 2.37. The highest BCUT2D eigenvalue weighted by Gasteiger charge is 2.17. The van der Waals surface area contributed by atoms with Crippen molar-refractivity contribution in [1.29, 1.82) is 0 Å². The Kier molecular flexibility index (Phi) is 6.80. The molecule has 2 aromatic rings. The van der Waals surface area contributed by atoms with E-state index in [0.29, 0.717) is 24.2 Å². The molecule has 0 bridgehead atoms. The summed E-state index contributed by atoms with van der Waals surface area (Å²) in [6.07, 6.45) is 2.10.